The number of carbonyl (C=O) groups excluding carboxylic acids is 3. The lowest BCUT2D eigenvalue weighted by Crippen LogP contribution is -2.23. The summed E-state index contributed by atoms with van der Waals surface area (Å²) in [7, 11) is 2.72. The molecule has 0 saturated carbocycles. The standard InChI is InChI=1S/C43H47N5O5/c1-9-28-23(3)32-19-34-25(5)30(16-17-38(49)52-7)41(47-34)31(18-39(50)53-8)42-40(43(51)44-22-27-14-12-11-13-15-27)26(6)35(48-42)21-37-29(10-2)24(4)33(46-37)20-36(28)45-32/h9,11-15,19-21,25,30,46,48H,1,10,16-18,22H2,2-8H3,(H,44,51). The third-order valence-corrected chi connectivity index (χ3v) is 10.7. The van der Waals surface area contributed by atoms with Crippen molar-refractivity contribution in [3.8, 4) is 0 Å². The van der Waals surface area contributed by atoms with Crippen LogP contribution in [-0.4, -0.2) is 52.0 Å². The summed E-state index contributed by atoms with van der Waals surface area (Å²) in [5.41, 5.74) is 12.7. The van der Waals surface area contributed by atoms with E-state index >= 15 is 0 Å². The third-order valence-electron chi connectivity index (χ3n) is 10.7. The molecule has 2 aliphatic rings. The van der Waals surface area contributed by atoms with Gasteiger partial charge >= 0.3 is 11.9 Å². The number of nitrogens with zero attached hydrogens (tertiary/aromatic N) is 2. The molecule has 0 radical (unpaired) electrons. The van der Waals surface area contributed by atoms with E-state index in [2.05, 4.69) is 48.7 Å². The second kappa shape index (κ2) is 15.5. The molecule has 6 rings (SSSR count). The highest BCUT2D eigenvalue weighted by atomic mass is 16.5. The molecule has 3 N–H and O–H groups in total. The molecule has 0 saturated heterocycles. The molecular formula is C43H47N5O5. The van der Waals surface area contributed by atoms with Crippen molar-refractivity contribution in [3.05, 3.63) is 117 Å². The summed E-state index contributed by atoms with van der Waals surface area (Å²) in [4.78, 5) is 57.6. The Kier molecular flexibility index (Phi) is 10.8. The summed E-state index contributed by atoms with van der Waals surface area (Å²) in [6.45, 7) is 14.6. The molecule has 10 nitrogen and oxygen atoms in total. The van der Waals surface area contributed by atoms with Crippen LogP contribution in [0, 0.1) is 13.8 Å². The van der Waals surface area contributed by atoms with Crippen LogP contribution in [0.1, 0.15) is 106 Å². The van der Waals surface area contributed by atoms with Gasteiger partial charge in [0.25, 0.3) is 5.91 Å². The van der Waals surface area contributed by atoms with E-state index in [1.165, 1.54) is 14.2 Å². The lowest BCUT2D eigenvalue weighted by Gasteiger charge is -2.18. The molecule has 1 aromatic carbocycles. The van der Waals surface area contributed by atoms with Crippen LogP contribution in [0.15, 0.2) is 61.2 Å². The summed E-state index contributed by atoms with van der Waals surface area (Å²) in [6, 6.07) is 15.8. The SMILES string of the molecule is C=CC1=C(C)c2cc3nc(c(CC(=O)OC)c4[nH]c(cc5[nH]c(cc1n2)c(C)c5CC)c(C)c4C(=O)NCc1ccccc1)C(CCC(=O)OC)C3C. The molecule has 2 unspecified atom stereocenters. The average molecular weight is 714 g/mol. The Bertz CT molecular complexity index is 2310. The predicted octanol–water partition coefficient (Wildman–Crippen LogP) is 8.10. The van der Waals surface area contributed by atoms with Gasteiger partial charge in [0.05, 0.1) is 48.8 Å². The number of fused-ring (bicyclic) bond motifs is 8. The van der Waals surface area contributed by atoms with Crippen molar-refractivity contribution in [1.82, 2.24) is 25.3 Å². The van der Waals surface area contributed by atoms with E-state index < -0.39 is 5.97 Å². The number of hydrogen-bond acceptors (Lipinski definition) is 7. The maximum Gasteiger partial charge on any atom is 0.310 e. The monoisotopic (exact) mass is 713 g/mol. The van der Waals surface area contributed by atoms with Gasteiger partial charge in [-0.3, -0.25) is 19.4 Å². The summed E-state index contributed by atoms with van der Waals surface area (Å²) >= 11 is 0. The average Bonchev–Trinajstić information content (AvgIpc) is 3.84. The van der Waals surface area contributed by atoms with E-state index in [4.69, 9.17) is 19.4 Å². The van der Waals surface area contributed by atoms with Crippen molar-refractivity contribution in [2.75, 3.05) is 14.2 Å². The van der Waals surface area contributed by atoms with Crippen molar-refractivity contribution >= 4 is 51.1 Å². The molecule has 3 aromatic heterocycles. The number of allylic oxidation sites excluding steroid dienone is 3. The van der Waals surface area contributed by atoms with Crippen LogP contribution in [-0.2, 0) is 38.4 Å². The number of hydrogen-bond donors (Lipinski definition) is 3. The van der Waals surface area contributed by atoms with E-state index in [0.717, 1.165) is 67.9 Å². The number of aryl methyl sites for hydroxylation is 3. The Labute approximate surface area is 309 Å². The number of aromatic amines is 2. The quantitative estimate of drug-likeness (QED) is 0.141. The topological polar surface area (TPSA) is 139 Å². The highest BCUT2D eigenvalue weighted by Gasteiger charge is 2.34. The van der Waals surface area contributed by atoms with Crippen molar-refractivity contribution in [2.24, 2.45) is 0 Å². The maximum atomic E-state index is 14.4. The molecule has 2 aliphatic heterocycles. The maximum absolute atomic E-state index is 14.4. The fourth-order valence-corrected chi connectivity index (χ4v) is 7.58. The van der Waals surface area contributed by atoms with E-state index in [1.54, 1.807) is 0 Å². The molecule has 0 fully saturated rings. The number of rotatable bonds is 10. The molecule has 10 heteroatoms. The van der Waals surface area contributed by atoms with Crippen molar-refractivity contribution in [2.45, 2.75) is 78.7 Å². The number of ether oxygens (including phenoxy) is 2. The molecule has 274 valence electrons. The Balaban J connectivity index is 1.76. The van der Waals surface area contributed by atoms with Gasteiger partial charge in [-0.1, -0.05) is 56.8 Å². The lowest BCUT2D eigenvalue weighted by molar-refractivity contribution is -0.141. The molecule has 0 aliphatic carbocycles. The number of nitrogens with one attached hydrogen (secondary N) is 3. The second-order valence-electron chi connectivity index (χ2n) is 13.7. The van der Waals surface area contributed by atoms with Crippen molar-refractivity contribution in [3.63, 3.8) is 0 Å². The predicted molar refractivity (Wildman–Crippen MR) is 208 cm³/mol. The first-order valence-electron chi connectivity index (χ1n) is 18.0. The van der Waals surface area contributed by atoms with Crippen LogP contribution in [0.5, 0.6) is 0 Å². The van der Waals surface area contributed by atoms with Gasteiger partial charge in [0.15, 0.2) is 0 Å². The van der Waals surface area contributed by atoms with Gasteiger partial charge in [0.1, 0.15) is 0 Å². The van der Waals surface area contributed by atoms with E-state index in [9.17, 15) is 14.4 Å². The van der Waals surface area contributed by atoms with Gasteiger partial charge in [-0.15, -0.1) is 0 Å². The van der Waals surface area contributed by atoms with E-state index in [0.29, 0.717) is 40.8 Å². The molecule has 4 aromatic rings. The van der Waals surface area contributed by atoms with Gasteiger partial charge in [0, 0.05) is 58.2 Å². The summed E-state index contributed by atoms with van der Waals surface area (Å²) in [5.74, 6) is -1.56. The molecule has 1 amide bonds. The van der Waals surface area contributed by atoms with Crippen molar-refractivity contribution < 1.29 is 23.9 Å². The van der Waals surface area contributed by atoms with Crippen LogP contribution < -0.4 is 5.32 Å². The Morgan fingerprint density at radius 2 is 1.60 bits per heavy atom. The minimum Gasteiger partial charge on any atom is -0.469 e. The molecule has 2 atom stereocenters. The number of aromatic nitrogens is 4. The number of benzene rings is 1. The van der Waals surface area contributed by atoms with Gasteiger partial charge in [0.2, 0.25) is 0 Å². The smallest absolute Gasteiger partial charge is 0.310 e. The molecular weight excluding hydrogens is 667 g/mol. The van der Waals surface area contributed by atoms with Crippen LogP contribution >= 0.6 is 0 Å². The highest BCUT2D eigenvalue weighted by Crippen LogP contribution is 2.43. The van der Waals surface area contributed by atoms with E-state index in [1.807, 2.05) is 62.4 Å². The van der Waals surface area contributed by atoms with Gasteiger partial charge in [-0.2, -0.15) is 0 Å². The lowest BCUT2D eigenvalue weighted by atomic mass is 9.85. The normalized spacial score (nSPS) is 15.3. The molecule has 8 bridgehead atoms. The number of esters is 2. The Morgan fingerprint density at radius 3 is 2.28 bits per heavy atom. The number of methoxy groups -OCH3 is 2. The largest absolute Gasteiger partial charge is 0.469 e. The first-order valence-corrected chi connectivity index (χ1v) is 18.0. The molecule has 53 heavy (non-hydrogen) atoms. The van der Waals surface area contributed by atoms with Gasteiger partial charge < -0.3 is 24.8 Å². The minimum atomic E-state index is -0.482. The van der Waals surface area contributed by atoms with Gasteiger partial charge in [-0.25, -0.2) is 4.98 Å². The first-order chi connectivity index (χ1) is 25.5. The number of amides is 1. The zero-order chi connectivity index (χ0) is 38.0. The third kappa shape index (κ3) is 7.18. The Morgan fingerprint density at radius 1 is 0.887 bits per heavy atom. The fourth-order valence-electron chi connectivity index (χ4n) is 7.58. The zero-order valence-corrected chi connectivity index (χ0v) is 31.5. The van der Waals surface area contributed by atoms with Crippen molar-refractivity contribution in [1.29, 1.82) is 0 Å². The minimum absolute atomic E-state index is 0.151. The van der Waals surface area contributed by atoms with Crippen LogP contribution in [0.4, 0.5) is 0 Å². The fraction of sp³-hybridized carbons (Fsp3) is 0.326. The van der Waals surface area contributed by atoms with Crippen LogP contribution in [0.2, 0.25) is 0 Å². The molecule has 0 spiro atoms. The Hall–Kier alpha value is -5.77. The second-order valence-corrected chi connectivity index (χ2v) is 13.7. The number of carbonyl (C=O) groups is 3. The van der Waals surface area contributed by atoms with Crippen LogP contribution in [0.25, 0.3) is 33.2 Å². The summed E-state index contributed by atoms with van der Waals surface area (Å²) in [6.07, 6.45) is 3.02. The van der Waals surface area contributed by atoms with Gasteiger partial charge in [-0.05, 0) is 79.6 Å². The molecule has 5 heterocycles. The summed E-state index contributed by atoms with van der Waals surface area (Å²) < 4.78 is 10.3. The summed E-state index contributed by atoms with van der Waals surface area (Å²) in [5, 5.41) is 3.11. The zero-order valence-electron chi connectivity index (χ0n) is 31.5. The van der Waals surface area contributed by atoms with Crippen LogP contribution in [0.3, 0.4) is 0 Å². The first kappa shape index (κ1) is 37.0. The van der Waals surface area contributed by atoms with E-state index in [-0.39, 0.29) is 36.6 Å². The highest BCUT2D eigenvalue weighted by molar-refractivity contribution is 6.06. The number of H-pyrrole nitrogens is 2.